The molecule has 3 heteroatoms. The second kappa shape index (κ2) is 6.33. The van der Waals surface area contributed by atoms with Crippen LogP contribution >= 0.6 is 0 Å². The van der Waals surface area contributed by atoms with Gasteiger partial charge in [0.2, 0.25) is 0 Å². The lowest BCUT2D eigenvalue weighted by atomic mass is 9.81. The van der Waals surface area contributed by atoms with E-state index in [9.17, 15) is 0 Å². The number of piperazine rings is 1. The fraction of sp³-hybridized carbons (Fsp3) is 1.00. The van der Waals surface area contributed by atoms with Crippen molar-refractivity contribution < 1.29 is 4.74 Å². The molecule has 20 heavy (non-hydrogen) atoms. The van der Waals surface area contributed by atoms with E-state index in [0.717, 1.165) is 19.8 Å². The quantitative estimate of drug-likeness (QED) is 0.858. The molecule has 2 unspecified atom stereocenters. The summed E-state index contributed by atoms with van der Waals surface area (Å²) < 4.78 is 5.84. The Morgan fingerprint density at radius 2 is 2.00 bits per heavy atom. The Morgan fingerprint density at radius 1 is 1.30 bits per heavy atom. The summed E-state index contributed by atoms with van der Waals surface area (Å²) in [6.45, 7) is 15.9. The number of rotatable bonds is 4. The van der Waals surface area contributed by atoms with E-state index in [-0.39, 0.29) is 5.54 Å². The van der Waals surface area contributed by atoms with E-state index in [1.54, 1.807) is 0 Å². The van der Waals surface area contributed by atoms with Crippen LogP contribution in [0.2, 0.25) is 0 Å². The van der Waals surface area contributed by atoms with Crippen LogP contribution in [0.3, 0.4) is 0 Å². The van der Waals surface area contributed by atoms with Gasteiger partial charge in [-0.25, -0.2) is 0 Å². The number of hydrogen-bond acceptors (Lipinski definition) is 3. The minimum atomic E-state index is 0.227. The first kappa shape index (κ1) is 16.3. The molecule has 2 heterocycles. The molecule has 2 aliphatic rings. The Bertz CT molecular complexity index is 306. The van der Waals surface area contributed by atoms with Crippen LogP contribution in [0, 0.1) is 5.92 Å². The van der Waals surface area contributed by atoms with Crippen molar-refractivity contribution in [2.75, 3.05) is 26.3 Å². The summed E-state index contributed by atoms with van der Waals surface area (Å²) in [6.07, 6.45) is 4.90. The van der Waals surface area contributed by atoms with Crippen molar-refractivity contribution >= 4 is 0 Å². The molecule has 118 valence electrons. The van der Waals surface area contributed by atoms with Gasteiger partial charge < -0.3 is 10.1 Å². The molecule has 0 saturated carbocycles. The Labute approximate surface area is 125 Å². The molecule has 3 nitrogen and oxygen atoms in total. The second-order valence-electron chi connectivity index (χ2n) is 7.46. The maximum Gasteiger partial charge on any atom is 0.0647 e. The molecule has 0 radical (unpaired) electrons. The molecule has 2 rings (SSSR count). The van der Waals surface area contributed by atoms with Crippen molar-refractivity contribution in [1.82, 2.24) is 10.2 Å². The molecule has 2 saturated heterocycles. The lowest BCUT2D eigenvalue weighted by Crippen LogP contribution is -2.71. The SMILES string of the molecule is CCC1(CC)CN(C2(C)CCCOC2)C(C(C)C)CN1. The maximum atomic E-state index is 5.84. The molecule has 0 spiro atoms. The number of nitrogens with zero attached hydrogens (tertiary/aromatic N) is 1. The third-order valence-corrected chi connectivity index (χ3v) is 5.79. The average molecular weight is 282 g/mol. The van der Waals surface area contributed by atoms with Crippen LogP contribution in [0.4, 0.5) is 0 Å². The van der Waals surface area contributed by atoms with Gasteiger partial charge in [0, 0.05) is 36.8 Å². The lowest BCUT2D eigenvalue weighted by Gasteiger charge is -2.56. The minimum Gasteiger partial charge on any atom is -0.380 e. The minimum absolute atomic E-state index is 0.227. The van der Waals surface area contributed by atoms with Crippen molar-refractivity contribution in [2.24, 2.45) is 5.92 Å². The van der Waals surface area contributed by atoms with Crippen molar-refractivity contribution in [1.29, 1.82) is 0 Å². The van der Waals surface area contributed by atoms with E-state index in [2.05, 4.69) is 44.8 Å². The van der Waals surface area contributed by atoms with Crippen LogP contribution in [-0.2, 0) is 4.74 Å². The summed E-state index contributed by atoms with van der Waals surface area (Å²) in [7, 11) is 0. The summed E-state index contributed by atoms with van der Waals surface area (Å²) in [5, 5.41) is 3.87. The highest BCUT2D eigenvalue weighted by atomic mass is 16.5. The molecular formula is C17H34N2O. The monoisotopic (exact) mass is 282 g/mol. The van der Waals surface area contributed by atoms with Gasteiger partial charge in [0.15, 0.2) is 0 Å². The highest BCUT2D eigenvalue weighted by Gasteiger charge is 2.46. The highest BCUT2D eigenvalue weighted by Crippen LogP contribution is 2.35. The molecule has 1 N–H and O–H groups in total. The van der Waals surface area contributed by atoms with E-state index in [0.29, 0.717) is 17.5 Å². The van der Waals surface area contributed by atoms with Crippen LogP contribution in [0.1, 0.15) is 60.3 Å². The zero-order valence-electron chi connectivity index (χ0n) is 14.2. The Balaban J connectivity index is 2.22. The summed E-state index contributed by atoms with van der Waals surface area (Å²) >= 11 is 0. The number of hydrogen-bond donors (Lipinski definition) is 1. The van der Waals surface area contributed by atoms with Gasteiger partial charge >= 0.3 is 0 Å². The average Bonchev–Trinajstić information content (AvgIpc) is 2.47. The van der Waals surface area contributed by atoms with Crippen molar-refractivity contribution in [3.05, 3.63) is 0 Å². The van der Waals surface area contributed by atoms with E-state index in [1.165, 1.54) is 32.2 Å². The molecule has 2 atom stereocenters. The fourth-order valence-electron chi connectivity index (χ4n) is 3.99. The Hall–Kier alpha value is -0.120. The predicted molar refractivity (Wildman–Crippen MR) is 85.1 cm³/mol. The fourth-order valence-corrected chi connectivity index (χ4v) is 3.99. The predicted octanol–water partition coefficient (Wildman–Crippen LogP) is 3.04. The zero-order valence-corrected chi connectivity index (χ0v) is 14.2. The standard InChI is InChI=1S/C17H34N2O/c1-6-17(7-2)12-19(15(11-18-17)14(3)4)16(5)9-8-10-20-13-16/h14-15,18H,6-13H2,1-5H3. The molecule has 0 bridgehead atoms. The van der Waals surface area contributed by atoms with Crippen molar-refractivity contribution in [3.8, 4) is 0 Å². The molecular weight excluding hydrogens is 248 g/mol. The summed E-state index contributed by atoms with van der Waals surface area (Å²) in [4.78, 5) is 2.79. The smallest absolute Gasteiger partial charge is 0.0647 e. The van der Waals surface area contributed by atoms with Crippen molar-refractivity contribution in [2.45, 2.75) is 77.4 Å². The van der Waals surface area contributed by atoms with Gasteiger partial charge in [-0.2, -0.15) is 0 Å². The maximum absolute atomic E-state index is 5.84. The normalized spacial score (nSPS) is 35.4. The molecule has 2 fully saturated rings. The van der Waals surface area contributed by atoms with E-state index >= 15 is 0 Å². The van der Waals surface area contributed by atoms with Gasteiger partial charge in [-0.15, -0.1) is 0 Å². The lowest BCUT2D eigenvalue weighted by molar-refractivity contribution is -0.0932. The molecule has 0 aliphatic carbocycles. The van der Waals surface area contributed by atoms with Gasteiger partial charge in [0.1, 0.15) is 0 Å². The van der Waals surface area contributed by atoms with Gasteiger partial charge in [0.25, 0.3) is 0 Å². The summed E-state index contributed by atoms with van der Waals surface area (Å²) in [5.74, 6) is 0.688. The first-order chi connectivity index (χ1) is 9.46. The molecule has 0 aromatic heterocycles. The number of nitrogens with one attached hydrogen (secondary N) is 1. The molecule has 2 aliphatic heterocycles. The third kappa shape index (κ3) is 3.05. The van der Waals surface area contributed by atoms with Crippen LogP contribution in [-0.4, -0.2) is 48.3 Å². The Kier molecular flexibility index (Phi) is 5.14. The van der Waals surface area contributed by atoms with Crippen molar-refractivity contribution in [3.63, 3.8) is 0 Å². The molecule has 0 amide bonds. The van der Waals surface area contributed by atoms with Gasteiger partial charge in [-0.05, 0) is 38.5 Å². The van der Waals surface area contributed by atoms with Gasteiger partial charge in [0.05, 0.1) is 6.61 Å². The second-order valence-corrected chi connectivity index (χ2v) is 7.46. The third-order valence-electron chi connectivity index (χ3n) is 5.79. The van der Waals surface area contributed by atoms with Crippen LogP contribution < -0.4 is 5.32 Å². The Morgan fingerprint density at radius 3 is 2.50 bits per heavy atom. The van der Waals surface area contributed by atoms with E-state index in [4.69, 9.17) is 4.74 Å². The van der Waals surface area contributed by atoms with Gasteiger partial charge in [-0.3, -0.25) is 4.90 Å². The first-order valence-corrected chi connectivity index (χ1v) is 8.56. The van der Waals surface area contributed by atoms with Crippen LogP contribution in [0.15, 0.2) is 0 Å². The van der Waals surface area contributed by atoms with Crippen LogP contribution in [0.25, 0.3) is 0 Å². The molecule has 0 aromatic rings. The van der Waals surface area contributed by atoms with E-state index < -0.39 is 0 Å². The van der Waals surface area contributed by atoms with E-state index in [1.807, 2.05) is 0 Å². The summed E-state index contributed by atoms with van der Waals surface area (Å²) in [5.41, 5.74) is 0.525. The highest BCUT2D eigenvalue weighted by molar-refractivity contribution is 5.03. The zero-order chi connectivity index (χ0) is 14.8. The molecule has 0 aromatic carbocycles. The summed E-state index contributed by atoms with van der Waals surface area (Å²) in [6, 6.07) is 0.632. The van der Waals surface area contributed by atoms with Crippen LogP contribution in [0.5, 0.6) is 0 Å². The van der Waals surface area contributed by atoms with Gasteiger partial charge in [-0.1, -0.05) is 27.7 Å². The first-order valence-electron chi connectivity index (χ1n) is 8.56. The topological polar surface area (TPSA) is 24.5 Å². The largest absolute Gasteiger partial charge is 0.380 e. The number of ether oxygens (including phenoxy) is 1.